The van der Waals surface area contributed by atoms with Gasteiger partial charge < -0.3 is 15.2 Å². The highest BCUT2D eigenvalue weighted by atomic mass is 32.1. The van der Waals surface area contributed by atoms with Gasteiger partial charge in [-0.05, 0) is 35.6 Å². The van der Waals surface area contributed by atoms with Crippen molar-refractivity contribution in [3.05, 3.63) is 46.4 Å². The molecule has 0 unspecified atom stereocenters. The second-order valence-corrected chi connectivity index (χ2v) is 6.74. The fourth-order valence-electron chi connectivity index (χ4n) is 2.87. The third kappa shape index (κ3) is 4.59. The Balaban J connectivity index is 1.34. The summed E-state index contributed by atoms with van der Waals surface area (Å²) in [5, 5.41) is 8.97. The lowest BCUT2D eigenvalue weighted by Gasteiger charge is -2.27. The van der Waals surface area contributed by atoms with Gasteiger partial charge >= 0.3 is 0 Å². The topological polar surface area (TPSA) is 44.6 Å². The van der Waals surface area contributed by atoms with Crippen LogP contribution in [0.3, 0.4) is 0 Å². The van der Waals surface area contributed by atoms with E-state index >= 15 is 0 Å². The molecule has 5 nitrogen and oxygen atoms in total. The van der Waals surface area contributed by atoms with Gasteiger partial charge in [0, 0.05) is 63.6 Å². The van der Waals surface area contributed by atoms with Crippen LogP contribution in [0.1, 0.15) is 10.4 Å². The van der Waals surface area contributed by atoms with Crippen molar-refractivity contribution in [2.75, 3.05) is 33.2 Å². The molecule has 0 fully saturated rings. The minimum atomic E-state index is 0.871. The highest BCUT2D eigenvalue weighted by molar-refractivity contribution is 7.10. The molecular weight excluding hydrogens is 306 g/mol. The van der Waals surface area contributed by atoms with Crippen molar-refractivity contribution in [3.63, 3.8) is 0 Å². The molecule has 0 amide bonds. The molecule has 0 bridgehead atoms. The number of thiophene rings is 1. The molecule has 0 radical (unpaired) electrons. The van der Waals surface area contributed by atoms with Crippen molar-refractivity contribution in [2.24, 2.45) is 4.99 Å². The molecule has 2 aromatic rings. The van der Waals surface area contributed by atoms with Crippen molar-refractivity contribution >= 4 is 17.3 Å². The summed E-state index contributed by atoms with van der Waals surface area (Å²) in [5.41, 5.74) is 1.51. The first-order chi connectivity index (χ1) is 11.3. The average Bonchev–Trinajstić information content (AvgIpc) is 3.24. The van der Waals surface area contributed by atoms with E-state index in [9.17, 15) is 0 Å². The number of hydrogen-bond acceptors (Lipinski definition) is 3. The summed E-state index contributed by atoms with van der Waals surface area (Å²) in [7, 11) is 1.82. The molecule has 2 aromatic heterocycles. The molecule has 1 aliphatic rings. The van der Waals surface area contributed by atoms with Crippen molar-refractivity contribution in [1.82, 2.24) is 20.1 Å². The molecule has 3 heterocycles. The first-order valence-corrected chi connectivity index (χ1v) is 9.06. The van der Waals surface area contributed by atoms with Gasteiger partial charge in [0.15, 0.2) is 5.96 Å². The van der Waals surface area contributed by atoms with Crippen LogP contribution < -0.4 is 10.6 Å². The lowest BCUT2D eigenvalue weighted by Crippen LogP contribution is -2.43. The normalized spacial score (nSPS) is 15.4. The average molecular weight is 331 g/mol. The number of aromatic nitrogens is 1. The summed E-state index contributed by atoms with van der Waals surface area (Å²) in [6.45, 7) is 6.03. The number of guanidine groups is 1. The zero-order valence-corrected chi connectivity index (χ0v) is 14.5. The van der Waals surface area contributed by atoms with E-state index in [4.69, 9.17) is 0 Å². The van der Waals surface area contributed by atoms with Crippen LogP contribution in [-0.2, 0) is 19.5 Å². The molecule has 124 valence electrons. The van der Waals surface area contributed by atoms with Crippen molar-refractivity contribution in [1.29, 1.82) is 0 Å². The molecule has 0 saturated carbocycles. The van der Waals surface area contributed by atoms with E-state index in [-0.39, 0.29) is 0 Å². The van der Waals surface area contributed by atoms with E-state index in [1.807, 2.05) is 30.5 Å². The summed E-state index contributed by atoms with van der Waals surface area (Å²) in [6.07, 6.45) is 5.34. The number of nitrogens with zero attached hydrogens (tertiary/aromatic N) is 3. The number of nitrogens with one attached hydrogen (secondary N) is 2. The van der Waals surface area contributed by atoms with Gasteiger partial charge in [-0.1, -0.05) is 0 Å². The zero-order valence-electron chi connectivity index (χ0n) is 13.7. The lowest BCUT2D eigenvalue weighted by molar-refractivity contribution is 0.260. The minimum Gasteiger partial charge on any atom is -0.355 e. The third-order valence-corrected chi connectivity index (χ3v) is 5.18. The molecule has 2 N–H and O–H groups in total. The van der Waals surface area contributed by atoms with Crippen LogP contribution in [0.2, 0.25) is 0 Å². The predicted molar refractivity (Wildman–Crippen MR) is 97.1 cm³/mol. The van der Waals surface area contributed by atoms with Crippen LogP contribution >= 0.6 is 11.3 Å². The van der Waals surface area contributed by atoms with Crippen LogP contribution in [-0.4, -0.2) is 48.7 Å². The number of aliphatic imine (C=N–C) groups is 1. The van der Waals surface area contributed by atoms with E-state index < -0.39 is 0 Å². The van der Waals surface area contributed by atoms with Crippen LogP contribution in [0, 0.1) is 0 Å². The van der Waals surface area contributed by atoms with E-state index in [2.05, 4.69) is 48.9 Å². The summed E-state index contributed by atoms with van der Waals surface area (Å²) in [5.74, 6) is 0.880. The van der Waals surface area contributed by atoms with Gasteiger partial charge in [0.2, 0.25) is 0 Å². The van der Waals surface area contributed by atoms with E-state index in [0.29, 0.717) is 0 Å². The van der Waals surface area contributed by atoms with Gasteiger partial charge in [-0.3, -0.25) is 9.89 Å². The Labute approximate surface area is 142 Å². The standard InChI is InChI=1S/C17H25N5S/c1-18-17(19-6-11-21-8-2-3-9-21)20-7-12-22-10-4-16-15(14-22)5-13-23-16/h2-3,5,8-9,13H,4,6-7,10-12,14H2,1H3,(H2,18,19,20). The molecule has 0 spiro atoms. The van der Waals surface area contributed by atoms with Crippen LogP contribution in [0.25, 0.3) is 0 Å². The maximum Gasteiger partial charge on any atom is 0.191 e. The monoisotopic (exact) mass is 331 g/mol. The largest absolute Gasteiger partial charge is 0.355 e. The van der Waals surface area contributed by atoms with Crippen LogP contribution in [0.5, 0.6) is 0 Å². The Kier molecular flexibility index (Phi) is 5.71. The van der Waals surface area contributed by atoms with Gasteiger partial charge in [0.05, 0.1) is 0 Å². The van der Waals surface area contributed by atoms with Gasteiger partial charge in [-0.25, -0.2) is 0 Å². The van der Waals surface area contributed by atoms with Gasteiger partial charge in [0.1, 0.15) is 0 Å². The molecule has 0 saturated heterocycles. The van der Waals surface area contributed by atoms with Crippen molar-refractivity contribution < 1.29 is 0 Å². The predicted octanol–water partition coefficient (Wildman–Crippen LogP) is 1.77. The SMILES string of the molecule is CN=C(NCCN1CCc2sccc2C1)NCCn1cccc1. The molecule has 3 rings (SSSR count). The Morgan fingerprint density at radius 3 is 2.78 bits per heavy atom. The Morgan fingerprint density at radius 1 is 1.22 bits per heavy atom. The zero-order chi connectivity index (χ0) is 15.9. The molecule has 0 aliphatic carbocycles. The molecule has 6 heteroatoms. The molecule has 1 aliphatic heterocycles. The minimum absolute atomic E-state index is 0.871. The lowest BCUT2D eigenvalue weighted by atomic mass is 10.1. The summed E-state index contributed by atoms with van der Waals surface area (Å²) < 4.78 is 2.16. The second-order valence-electron chi connectivity index (χ2n) is 5.74. The van der Waals surface area contributed by atoms with Crippen molar-refractivity contribution in [2.45, 2.75) is 19.5 Å². The molecule has 0 atom stereocenters. The maximum absolute atomic E-state index is 4.29. The smallest absolute Gasteiger partial charge is 0.191 e. The highest BCUT2D eigenvalue weighted by Crippen LogP contribution is 2.23. The number of fused-ring (bicyclic) bond motifs is 1. The van der Waals surface area contributed by atoms with Gasteiger partial charge in [0.25, 0.3) is 0 Å². The van der Waals surface area contributed by atoms with E-state index in [0.717, 1.165) is 45.2 Å². The summed E-state index contributed by atoms with van der Waals surface area (Å²) >= 11 is 1.89. The Hall–Kier alpha value is -1.79. The Morgan fingerprint density at radius 2 is 2.00 bits per heavy atom. The second kappa shape index (κ2) is 8.17. The molecular formula is C17H25N5S. The summed E-state index contributed by atoms with van der Waals surface area (Å²) in [4.78, 5) is 8.36. The van der Waals surface area contributed by atoms with Gasteiger partial charge in [-0.15, -0.1) is 11.3 Å². The maximum atomic E-state index is 4.29. The molecule has 0 aromatic carbocycles. The van der Waals surface area contributed by atoms with Crippen LogP contribution in [0.4, 0.5) is 0 Å². The van der Waals surface area contributed by atoms with Crippen molar-refractivity contribution in [3.8, 4) is 0 Å². The highest BCUT2D eigenvalue weighted by Gasteiger charge is 2.16. The Bertz CT molecular complexity index is 617. The number of hydrogen-bond donors (Lipinski definition) is 2. The third-order valence-electron chi connectivity index (χ3n) is 4.16. The number of rotatable bonds is 6. The first-order valence-electron chi connectivity index (χ1n) is 8.18. The van der Waals surface area contributed by atoms with Gasteiger partial charge in [-0.2, -0.15) is 0 Å². The first kappa shape index (κ1) is 16.1. The fraction of sp³-hybridized carbons (Fsp3) is 0.471. The van der Waals surface area contributed by atoms with E-state index in [1.54, 1.807) is 4.88 Å². The van der Waals surface area contributed by atoms with Crippen LogP contribution in [0.15, 0.2) is 41.0 Å². The molecule has 23 heavy (non-hydrogen) atoms. The van der Waals surface area contributed by atoms with E-state index in [1.165, 1.54) is 12.0 Å². The summed E-state index contributed by atoms with van der Waals surface area (Å²) in [6, 6.07) is 6.36. The quantitative estimate of drug-likeness (QED) is 0.626. The fourth-order valence-corrected chi connectivity index (χ4v) is 3.76.